The highest BCUT2D eigenvalue weighted by molar-refractivity contribution is 6.09. The highest BCUT2D eigenvalue weighted by Crippen LogP contribution is 2.60. The van der Waals surface area contributed by atoms with E-state index in [1.165, 1.54) is 0 Å². The maximum absolute atomic E-state index is 13.2. The van der Waals surface area contributed by atoms with E-state index >= 15 is 0 Å². The molecule has 0 spiro atoms. The van der Waals surface area contributed by atoms with Crippen LogP contribution in [0, 0.1) is 0 Å². The van der Waals surface area contributed by atoms with Gasteiger partial charge < -0.3 is 14.9 Å². The molecule has 4 rings (SSSR count). The predicted octanol–water partition coefficient (Wildman–Crippen LogP) is 3.90. The summed E-state index contributed by atoms with van der Waals surface area (Å²) in [5.41, 5.74) is 0.198. The SMILES string of the molecule is CC(C)(C)c1ccc2c(c1)C1(O)Oc3c(C(C)(C)C)cccc3C1(O)C2=O. The molecule has 0 fully saturated rings. The van der Waals surface area contributed by atoms with E-state index in [0.29, 0.717) is 22.4 Å². The highest BCUT2D eigenvalue weighted by atomic mass is 16.7. The molecule has 2 aromatic rings. The molecule has 0 bridgehead atoms. The molecule has 2 aromatic carbocycles. The van der Waals surface area contributed by atoms with Crippen molar-refractivity contribution in [1.82, 2.24) is 0 Å². The zero-order valence-corrected chi connectivity index (χ0v) is 16.7. The van der Waals surface area contributed by atoms with Crippen molar-refractivity contribution in [3.05, 3.63) is 64.2 Å². The summed E-state index contributed by atoms with van der Waals surface area (Å²) in [5, 5.41) is 23.0. The molecule has 1 heterocycles. The van der Waals surface area contributed by atoms with Crippen LogP contribution in [0.3, 0.4) is 0 Å². The van der Waals surface area contributed by atoms with Gasteiger partial charge in [0.1, 0.15) is 5.75 Å². The van der Waals surface area contributed by atoms with Gasteiger partial charge in [0.2, 0.25) is 11.4 Å². The largest absolute Gasteiger partial charge is 0.453 e. The third-order valence-electron chi connectivity index (χ3n) is 5.78. The van der Waals surface area contributed by atoms with Gasteiger partial charge in [-0.2, -0.15) is 0 Å². The Morgan fingerprint density at radius 1 is 0.889 bits per heavy atom. The molecule has 0 amide bonds. The number of Topliss-reactive ketones (excluding diaryl/α,β-unsaturated/α-hetero) is 1. The zero-order chi connectivity index (χ0) is 20.0. The highest BCUT2D eigenvalue weighted by Gasteiger charge is 2.71. The Morgan fingerprint density at radius 3 is 2.15 bits per heavy atom. The monoisotopic (exact) mass is 366 g/mol. The molecule has 1 aliphatic heterocycles. The summed E-state index contributed by atoms with van der Waals surface area (Å²) in [5.74, 6) is -2.25. The lowest BCUT2D eigenvalue weighted by Crippen LogP contribution is -2.48. The topological polar surface area (TPSA) is 66.8 Å². The fourth-order valence-electron chi connectivity index (χ4n) is 4.14. The number of rotatable bonds is 0. The fraction of sp³-hybridized carbons (Fsp3) is 0.435. The van der Waals surface area contributed by atoms with Crippen LogP contribution in [0.4, 0.5) is 0 Å². The van der Waals surface area contributed by atoms with Crippen molar-refractivity contribution in [2.24, 2.45) is 0 Å². The van der Waals surface area contributed by atoms with Crippen LogP contribution in [-0.4, -0.2) is 16.0 Å². The molecule has 142 valence electrons. The lowest BCUT2D eigenvalue weighted by molar-refractivity contribution is -0.224. The lowest BCUT2D eigenvalue weighted by atomic mass is 9.81. The number of hydrogen-bond donors (Lipinski definition) is 2. The minimum atomic E-state index is -2.14. The first-order chi connectivity index (χ1) is 12.3. The van der Waals surface area contributed by atoms with E-state index in [-0.39, 0.29) is 10.8 Å². The van der Waals surface area contributed by atoms with Crippen molar-refractivity contribution in [3.8, 4) is 5.75 Å². The van der Waals surface area contributed by atoms with Crippen LogP contribution in [0.15, 0.2) is 36.4 Å². The van der Waals surface area contributed by atoms with Gasteiger partial charge in [-0.15, -0.1) is 0 Å². The van der Waals surface area contributed by atoms with E-state index in [1.807, 2.05) is 32.9 Å². The molecular formula is C23H26O4. The van der Waals surface area contributed by atoms with Crippen LogP contribution >= 0.6 is 0 Å². The quantitative estimate of drug-likeness (QED) is 0.742. The summed E-state index contributed by atoms with van der Waals surface area (Å²) in [7, 11) is 0. The van der Waals surface area contributed by atoms with Gasteiger partial charge in [0, 0.05) is 22.3 Å². The van der Waals surface area contributed by atoms with Gasteiger partial charge in [-0.05, 0) is 22.5 Å². The molecular weight excluding hydrogens is 340 g/mol. The van der Waals surface area contributed by atoms with Crippen LogP contribution in [0.25, 0.3) is 0 Å². The van der Waals surface area contributed by atoms with Gasteiger partial charge in [-0.25, -0.2) is 0 Å². The van der Waals surface area contributed by atoms with Gasteiger partial charge in [0.15, 0.2) is 0 Å². The van der Waals surface area contributed by atoms with Crippen molar-refractivity contribution in [2.75, 3.05) is 0 Å². The Balaban J connectivity index is 1.99. The van der Waals surface area contributed by atoms with E-state index in [0.717, 1.165) is 11.1 Å². The molecule has 27 heavy (non-hydrogen) atoms. The maximum atomic E-state index is 13.2. The van der Waals surface area contributed by atoms with Crippen LogP contribution in [0.5, 0.6) is 5.75 Å². The number of para-hydroxylation sites is 1. The number of fused-ring (bicyclic) bond motifs is 5. The van der Waals surface area contributed by atoms with Crippen LogP contribution in [-0.2, 0) is 22.2 Å². The second-order valence-corrected chi connectivity index (χ2v) is 9.73. The minimum Gasteiger partial charge on any atom is -0.453 e. The number of carbonyl (C=O) groups excluding carboxylic acids is 1. The normalized spacial score (nSPS) is 26.4. The van der Waals surface area contributed by atoms with E-state index in [2.05, 4.69) is 20.8 Å². The van der Waals surface area contributed by atoms with E-state index in [9.17, 15) is 15.0 Å². The van der Waals surface area contributed by atoms with Gasteiger partial charge in [0.05, 0.1) is 0 Å². The third kappa shape index (κ3) is 2.14. The molecule has 1 aliphatic carbocycles. The Hall–Kier alpha value is -2.17. The standard InChI is InChI=1S/C23H26O4/c1-20(2,3)13-10-11-14-17(12-13)23(26)22(25,19(14)24)16-9-7-8-15(18(16)27-23)21(4,5)6/h7-12,25-26H,1-6H3. The first kappa shape index (κ1) is 18.2. The summed E-state index contributed by atoms with van der Waals surface area (Å²) in [6, 6.07) is 10.7. The Bertz CT molecular complexity index is 977. The molecule has 0 radical (unpaired) electrons. The number of ketones is 1. The number of hydrogen-bond acceptors (Lipinski definition) is 4. The fourth-order valence-corrected chi connectivity index (χ4v) is 4.14. The predicted molar refractivity (Wildman–Crippen MR) is 103 cm³/mol. The smallest absolute Gasteiger partial charge is 0.276 e. The average molecular weight is 366 g/mol. The average Bonchev–Trinajstić information content (AvgIpc) is 2.89. The number of benzene rings is 2. The molecule has 2 aliphatic rings. The van der Waals surface area contributed by atoms with Crippen LogP contribution in [0.2, 0.25) is 0 Å². The van der Waals surface area contributed by atoms with E-state index < -0.39 is 17.2 Å². The summed E-state index contributed by atoms with van der Waals surface area (Å²) in [6.45, 7) is 12.3. The molecule has 0 saturated carbocycles. The van der Waals surface area contributed by atoms with Crippen LogP contribution in [0.1, 0.15) is 74.2 Å². The number of aliphatic hydroxyl groups is 2. The Kier molecular flexibility index (Phi) is 3.37. The van der Waals surface area contributed by atoms with Gasteiger partial charge in [-0.3, -0.25) is 4.79 Å². The van der Waals surface area contributed by atoms with Crippen LogP contribution < -0.4 is 4.74 Å². The molecule has 2 atom stereocenters. The van der Waals surface area contributed by atoms with Gasteiger partial charge >= 0.3 is 0 Å². The molecule has 4 heteroatoms. The first-order valence-electron chi connectivity index (χ1n) is 9.29. The third-order valence-corrected chi connectivity index (χ3v) is 5.78. The molecule has 2 N–H and O–H groups in total. The summed E-state index contributed by atoms with van der Waals surface area (Å²) < 4.78 is 6.03. The zero-order valence-electron chi connectivity index (χ0n) is 16.7. The van der Waals surface area contributed by atoms with Crippen molar-refractivity contribution >= 4 is 5.78 Å². The first-order valence-corrected chi connectivity index (χ1v) is 9.29. The van der Waals surface area contributed by atoms with E-state index in [1.54, 1.807) is 24.3 Å². The lowest BCUT2D eigenvalue weighted by Gasteiger charge is -2.30. The minimum absolute atomic E-state index is 0.169. The molecule has 2 unspecified atom stereocenters. The van der Waals surface area contributed by atoms with Crippen molar-refractivity contribution in [1.29, 1.82) is 0 Å². The Morgan fingerprint density at radius 2 is 1.56 bits per heavy atom. The van der Waals surface area contributed by atoms with Crippen molar-refractivity contribution in [3.63, 3.8) is 0 Å². The van der Waals surface area contributed by atoms with Crippen molar-refractivity contribution in [2.45, 2.75) is 63.8 Å². The maximum Gasteiger partial charge on any atom is 0.276 e. The number of ether oxygens (including phenoxy) is 1. The van der Waals surface area contributed by atoms with E-state index in [4.69, 9.17) is 4.74 Å². The Labute approximate surface area is 159 Å². The molecule has 0 aromatic heterocycles. The summed E-state index contributed by atoms with van der Waals surface area (Å²) >= 11 is 0. The summed E-state index contributed by atoms with van der Waals surface area (Å²) in [6.07, 6.45) is 0. The van der Waals surface area contributed by atoms with Gasteiger partial charge in [-0.1, -0.05) is 71.9 Å². The second kappa shape index (κ2) is 5.00. The molecule has 0 saturated heterocycles. The summed E-state index contributed by atoms with van der Waals surface area (Å²) in [4.78, 5) is 13.2. The van der Waals surface area contributed by atoms with Gasteiger partial charge in [0.25, 0.3) is 5.79 Å². The second-order valence-electron chi connectivity index (χ2n) is 9.73. The van der Waals surface area contributed by atoms with Crippen molar-refractivity contribution < 1.29 is 19.7 Å². The number of carbonyl (C=O) groups is 1. The molecule has 4 nitrogen and oxygen atoms in total.